The Bertz CT molecular complexity index is 1010. The Morgan fingerprint density at radius 3 is 2.45 bits per heavy atom. The highest BCUT2D eigenvalue weighted by molar-refractivity contribution is 6.46. The molecule has 2 aromatic carbocycles. The molecule has 0 aliphatic carbocycles. The van der Waals surface area contributed by atoms with Crippen LogP contribution in [0.3, 0.4) is 0 Å². The zero-order valence-electron chi connectivity index (χ0n) is 19.7. The van der Waals surface area contributed by atoms with Crippen LogP contribution in [0.5, 0.6) is 5.75 Å². The number of carbonyl (C=O) groups is 2. The Morgan fingerprint density at radius 2 is 1.82 bits per heavy atom. The van der Waals surface area contributed by atoms with E-state index in [2.05, 4.69) is 0 Å². The quantitative estimate of drug-likeness (QED) is 0.254. The van der Waals surface area contributed by atoms with Crippen molar-refractivity contribution >= 4 is 23.1 Å². The van der Waals surface area contributed by atoms with Crippen LogP contribution in [0.2, 0.25) is 0 Å². The van der Waals surface area contributed by atoms with Gasteiger partial charge in [-0.1, -0.05) is 31.2 Å². The summed E-state index contributed by atoms with van der Waals surface area (Å²) in [6.07, 6.45) is 1.43. The smallest absolute Gasteiger partial charge is 0.295 e. The second-order valence-electron chi connectivity index (χ2n) is 8.20. The van der Waals surface area contributed by atoms with E-state index in [1.54, 1.807) is 31.4 Å². The molecule has 33 heavy (non-hydrogen) atoms. The molecule has 0 radical (unpaired) electrons. The normalized spacial score (nSPS) is 17.5. The zero-order valence-corrected chi connectivity index (χ0v) is 19.7. The number of nitrogens with zero attached hydrogens (tertiary/aromatic N) is 2. The molecule has 1 amide bonds. The first kappa shape index (κ1) is 24.3. The van der Waals surface area contributed by atoms with Gasteiger partial charge in [-0.2, -0.15) is 0 Å². The minimum atomic E-state index is -0.688. The van der Waals surface area contributed by atoms with Gasteiger partial charge in [-0.25, -0.2) is 0 Å². The van der Waals surface area contributed by atoms with Gasteiger partial charge >= 0.3 is 0 Å². The number of Topliss-reactive ketones (excluding diaryl/α,β-unsaturated/α-hetero) is 1. The molecule has 0 spiro atoms. The predicted octanol–water partition coefficient (Wildman–Crippen LogP) is 4.00. The minimum Gasteiger partial charge on any atom is -0.507 e. The number of amides is 1. The molecule has 1 aliphatic rings. The molecule has 3 rings (SSSR count). The maximum absolute atomic E-state index is 13.1. The number of anilines is 1. The Kier molecular flexibility index (Phi) is 8.11. The van der Waals surface area contributed by atoms with Crippen LogP contribution in [0.1, 0.15) is 36.9 Å². The molecule has 176 valence electrons. The van der Waals surface area contributed by atoms with Gasteiger partial charge in [-0.05, 0) is 42.7 Å². The number of hydrogen-bond acceptors (Lipinski definition) is 6. The third kappa shape index (κ3) is 5.37. The number of aliphatic hydroxyl groups excluding tert-OH is 1. The van der Waals surface area contributed by atoms with Gasteiger partial charge in [0.1, 0.15) is 11.5 Å². The van der Waals surface area contributed by atoms with Crippen LogP contribution < -0.4 is 9.64 Å². The van der Waals surface area contributed by atoms with Gasteiger partial charge in [0.2, 0.25) is 0 Å². The molecule has 1 unspecified atom stereocenters. The van der Waals surface area contributed by atoms with Crippen LogP contribution in [0.4, 0.5) is 5.69 Å². The molecule has 2 aromatic rings. The first-order chi connectivity index (χ1) is 15.9. The largest absolute Gasteiger partial charge is 0.507 e. The molecular formula is C26H32N2O5. The molecule has 7 heteroatoms. The number of aliphatic hydroxyl groups is 1. The maximum Gasteiger partial charge on any atom is 0.295 e. The standard InChI is InChI=1S/C26H32N2O5/c1-5-15-33-21-9-6-8-19(17-21)24(29)22-23(18-10-12-20(13-11-18)27(2)3)28(14-7-16-32-4)26(31)25(22)30/h6,8-13,17,23,29H,5,7,14-16H2,1-4H3/b24-22-. The summed E-state index contributed by atoms with van der Waals surface area (Å²) in [7, 11) is 5.48. The van der Waals surface area contributed by atoms with Crippen molar-refractivity contribution in [1.29, 1.82) is 0 Å². The highest BCUT2D eigenvalue weighted by Gasteiger charge is 2.45. The third-order valence-electron chi connectivity index (χ3n) is 5.59. The second kappa shape index (κ2) is 11.0. The van der Waals surface area contributed by atoms with Crippen LogP contribution in [-0.4, -0.2) is 62.7 Å². The molecule has 0 bridgehead atoms. The van der Waals surface area contributed by atoms with Crippen molar-refractivity contribution in [1.82, 2.24) is 4.90 Å². The summed E-state index contributed by atoms with van der Waals surface area (Å²) in [6.45, 7) is 3.36. The Hall–Kier alpha value is -3.32. The van der Waals surface area contributed by atoms with E-state index in [-0.39, 0.29) is 11.3 Å². The lowest BCUT2D eigenvalue weighted by Gasteiger charge is -2.26. The number of likely N-dealkylation sites (tertiary alicyclic amines) is 1. The maximum atomic E-state index is 13.1. The van der Waals surface area contributed by atoms with Crippen LogP contribution in [-0.2, 0) is 14.3 Å². The van der Waals surface area contributed by atoms with Crippen molar-refractivity contribution in [3.63, 3.8) is 0 Å². The average molecular weight is 453 g/mol. The van der Waals surface area contributed by atoms with Gasteiger partial charge in [0.15, 0.2) is 0 Å². The zero-order chi connectivity index (χ0) is 24.0. The van der Waals surface area contributed by atoms with E-state index in [1.165, 1.54) is 4.90 Å². The average Bonchev–Trinajstić information content (AvgIpc) is 3.07. The molecule has 1 saturated heterocycles. The number of hydrogen-bond donors (Lipinski definition) is 1. The molecular weight excluding hydrogens is 420 g/mol. The molecule has 0 saturated carbocycles. The van der Waals surface area contributed by atoms with Crippen LogP contribution in [0, 0.1) is 0 Å². The van der Waals surface area contributed by atoms with Crippen molar-refractivity contribution in [2.75, 3.05) is 45.9 Å². The topological polar surface area (TPSA) is 79.3 Å². The van der Waals surface area contributed by atoms with Gasteiger partial charge in [0.25, 0.3) is 11.7 Å². The fourth-order valence-corrected chi connectivity index (χ4v) is 3.90. The van der Waals surface area contributed by atoms with Crippen molar-refractivity contribution < 1.29 is 24.2 Å². The van der Waals surface area contributed by atoms with Gasteiger partial charge in [-0.3, -0.25) is 9.59 Å². The van der Waals surface area contributed by atoms with Crippen molar-refractivity contribution in [2.24, 2.45) is 0 Å². The second-order valence-corrected chi connectivity index (χ2v) is 8.20. The molecule has 1 atom stereocenters. The number of ether oxygens (including phenoxy) is 2. The van der Waals surface area contributed by atoms with E-state index < -0.39 is 17.7 Å². The predicted molar refractivity (Wildman–Crippen MR) is 128 cm³/mol. The van der Waals surface area contributed by atoms with Crippen molar-refractivity contribution in [3.8, 4) is 5.75 Å². The third-order valence-corrected chi connectivity index (χ3v) is 5.59. The summed E-state index contributed by atoms with van der Waals surface area (Å²) in [4.78, 5) is 29.6. The number of benzene rings is 2. The van der Waals surface area contributed by atoms with Crippen LogP contribution in [0.25, 0.3) is 5.76 Å². The fraction of sp³-hybridized carbons (Fsp3) is 0.385. The first-order valence-corrected chi connectivity index (χ1v) is 11.2. The highest BCUT2D eigenvalue weighted by atomic mass is 16.5. The van der Waals surface area contributed by atoms with Crippen LogP contribution in [0.15, 0.2) is 54.1 Å². The molecule has 7 nitrogen and oxygen atoms in total. The van der Waals surface area contributed by atoms with E-state index in [1.807, 2.05) is 50.2 Å². The van der Waals surface area contributed by atoms with E-state index in [0.29, 0.717) is 37.5 Å². The lowest BCUT2D eigenvalue weighted by Crippen LogP contribution is -2.31. The van der Waals surface area contributed by atoms with Gasteiger partial charge in [0.05, 0.1) is 18.2 Å². The summed E-state index contributed by atoms with van der Waals surface area (Å²) in [6, 6.07) is 13.9. The highest BCUT2D eigenvalue weighted by Crippen LogP contribution is 2.40. The number of methoxy groups -OCH3 is 1. The fourth-order valence-electron chi connectivity index (χ4n) is 3.90. The summed E-state index contributed by atoms with van der Waals surface area (Å²) in [5.41, 5.74) is 2.28. The van der Waals surface area contributed by atoms with E-state index in [0.717, 1.165) is 17.7 Å². The summed E-state index contributed by atoms with van der Waals surface area (Å²) < 4.78 is 10.8. The van der Waals surface area contributed by atoms with Gasteiger partial charge < -0.3 is 24.4 Å². The van der Waals surface area contributed by atoms with E-state index in [9.17, 15) is 14.7 Å². The Labute approximate surface area is 195 Å². The van der Waals surface area contributed by atoms with Gasteiger partial charge in [-0.15, -0.1) is 0 Å². The molecule has 1 fully saturated rings. The monoisotopic (exact) mass is 452 g/mol. The molecule has 0 aromatic heterocycles. The van der Waals surface area contributed by atoms with E-state index in [4.69, 9.17) is 9.47 Å². The Balaban J connectivity index is 2.08. The lowest BCUT2D eigenvalue weighted by atomic mass is 9.95. The lowest BCUT2D eigenvalue weighted by molar-refractivity contribution is -0.140. The van der Waals surface area contributed by atoms with Crippen LogP contribution >= 0.6 is 0 Å². The molecule has 1 aliphatic heterocycles. The first-order valence-electron chi connectivity index (χ1n) is 11.2. The number of rotatable bonds is 10. The Morgan fingerprint density at radius 1 is 1.09 bits per heavy atom. The summed E-state index contributed by atoms with van der Waals surface area (Å²) >= 11 is 0. The van der Waals surface area contributed by atoms with Gasteiger partial charge in [0, 0.05) is 45.6 Å². The minimum absolute atomic E-state index is 0.0858. The molecule has 1 heterocycles. The number of ketones is 1. The molecule has 1 N–H and O–H groups in total. The van der Waals surface area contributed by atoms with Crippen molar-refractivity contribution in [2.45, 2.75) is 25.8 Å². The van der Waals surface area contributed by atoms with E-state index >= 15 is 0 Å². The summed E-state index contributed by atoms with van der Waals surface area (Å²) in [5.74, 6) is -0.910. The SMILES string of the molecule is CCCOc1cccc(/C(O)=C2/C(=O)C(=O)N(CCCOC)C2c2ccc(N(C)C)cc2)c1. The summed E-state index contributed by atoms with van der Waals surface area (Å²) in [5, 5.41) is 11.2. The van der Waals surface area contributed by atoms with Crippen molar-refractivity contribution in [3.05, 3.63) is 65.2 Å². The number of carbonyl (C=O) groups excluding carboxylic acids is 2.